The van der Waals surface area contributed by atoms with Crippen molar-refractivity contribution in [3.8, 4) is 18.1 Å². The number of alkyl carbamates (subject to hydrolysis) is 1. The first kappa shape index (κ1) is 31.2. The van der Waals surface area contributed by atoms with Gasteiger partial charge in [0.25, 0.3) is 5.91 Å². The van der Waals surface area contributed by atoms with E-state index in [0.29, 0.717) is 35.4 Å². The Morgan fingerprint density at radius 3 is 2.23 bits per heavy atom. The second-order valence-corrected chi connectivity index (χ2v) is 10.7. The number of rotatable bonds is 11. The number of anilines is 1. The van der Waals surface area contributed by atoms with Crippen LogP contribution in [0, 0.1) is 18.3 Å². The lowest BCUT2D eigenvalue weighted by Gasteiger charge is -2.35. The summed E-state index contributed by atoms with van der Waals surface area (Å²) in [6.45, 7) is 11.4. The molecule has 0 saturated carbocycles. The van der Waals surface area contributed by atoms with Gasteiger partial charge in [0.15, 0.2) is 0 Å². The molecule has 2 aromatic carbocycles. The molecule has 8 nitrogen and oxygen atoms in total. The zero-order chi connectivity index (χ0) is 29.2. The van der Waals surface area contributed by atoms with E-state index in [1.165, 1.54) is 4.90 Å². The summed E-state index contributed by atoms with van der Waals surface area (Å²) in [6.07, 6.45) is 6.05. The van der Waals surface area contributed by atoms with E-state index < -0.39 is 35.6 Å². The zero-order valence-corrected chi connectivity index (χ0v) is 24.0. The Kier molecular flexibility index (Phi) is 11.4. The number of hydrogen-bond acceptors (Lipinski definition) is 5. The van der Waals surface area contributed by atoms with E-state index in [4.69, 9.17) is 15.9 Å². The molecule has 0 aliphatic heterocycles. The van der Waals surface area contributed by atoms with Gasteiger partial charge in [0.1, 0.15) is 23.4 Å². The number of ether oxygens (including phenoxy) is 2. The summed E-state index contributed by atoms with van der Waals surface area (Å²) in [5.41, 5.74) is 0.833. The van der Waals surface area contributed by atoms with Crippen molar-refractivity contribution in [2.24, 2.45) is 5.92 Å². The average Bonchev–Trinajstić information content (AvgIpc) is 2.87. The molecule has 3 amide bonds. The molecular formula is C31H41N3O5. The van der Waals surface area contributed by atoms with Gasteiger partial charge in [-0.05, 0) is 75.4 Å². The second kappa shape index (κ2) is 14.2. The highest BCUT2D eigenvalue weighted by molar-refractivity contribution is 5.99. The summed E-state index contributed by atoms with van der Waals surface area (Å²) in [6, 6.07) is 12.0. The van der Waals surface area contributed by atoms with Crippen molar-refractivity contribution in [2.75, 3.05) is 19.0 Å². The number of terminal acetylenes is 1. The molecule has 2 unspecified atom stereocenters. The zero-order valence-electron chi connectivity index (χ0n) is 24.0. The highest BCUT2D eigenvalue weighted by Gasteiger charge is 2.37. The van der Waals surface area contributed by atoms with E-state index in [1.54, 1.807) is 76.4 Å². The summed E-state index contributed by atoms with van der Waals surface area (Å²) in [5, 5.41) is 5.66. The number of benzene rings is 2. The van der Waals surface area contributed by atoms with E-state index in [0.717, 1.165) is 0 Å². The third-order valence-electron chi connectivity index (χ3n) is 5.77. The molecule has 210 valence electrons. The molecule has 2 rings (SSSR count). The highest BCUT2D eigenvalue weighted by Crippen LogP contribution is 2.28. The van der Waals surface area contributed by atoms with Gasteiger partial charge >= 0.3 is 6.09 Å². The summed E-state index contributed by atoms with van der Waals surface area (Å²) in [4.78, 5) is 42.2. The minimum atomic E-state index is -1.04. The molecule has 0 saturated heterocycles. The van der Waals surface area contributed by atoms with Gasteiger partial charge in [0.2, 0.25) is 5.91 Å². The smallest absolute Gasteiger partial charge is 0.408 e. The summed E-state index contributed by atoms with van der Waals surface area (Å²) < 4.78 is 10.6. The molecule has 39 heavy (non-hydrogen) atoms. The molecule has 0 aromatic heterocycles. The van der Waals surface area contributed by atoms with Gasteiger partial charge < -0.3 is 25.0 Å². The topological polar surface area (TPSA) is 97.0 Å². The van der Waals surface area contributed by atoms with Crippen LogP contribution in [0.2, 0.25) is 0 Å². The molecule has 2 aromatic rings. The number of amides is 3. The molecule has 8 heteroatoms. The van der Waals surface area contributed by atoms with Gasteiger partial charge in [0, 0.05) is 17.8 Å². The van der Waals surface area contributed by atoms with E-state index >= 15 is 0 Å². The monoisotopic (exact) mass is 535 g/mol. The van der Waals surface area contributed by atoms with Crippen molar-refractivity contribution < 1.29 is 23.9 Å². The summed E-state index contributed by atoms with van der Waals surface area (Å²) in [5.74, 6) is 2.56. The molecule has 0 spiro atoms. The van der Waals surface area contributed by atoms with E-state index in [9.17, 15) is 14.4 Å². The highest BCUT2D eigenvalue weighted by atomic mass is 16.6. The SMILES string of the molecule is C#Cc1ccccc1C(C(=O)Nc1ccc(OC)cc1)N(CCC)C(=O)C(CC(C)C)NC(=O)OC(C)(C)C. The van der Waals surface area contributed by atoms with Crippen molar-refractivity contribution in [1.82, 2.24) is 10.2 Å². The first-order valence-electron chi connectivity index (χ1n) is 13.2. The minimum Gasteiger partial charge on any atom is -0.497 e. The Labute approximate surface area is 232 Å². The largest absolute Gasteiger partial charge is 0.497 e. The van der Waals surface area contributed by atoms with Crippen molar-refractivity contribution in [1.29, 1.82) is 0 Å². The first-order valence-corrected chi connectivity index (χ1v) is 13.2. The standard InChI is InChI=1S/C31H41N3O5/c1-9-19-34(29(36)26(20-21(3)4)33-30(37)39-31(5,6)7)27(25-14-12-11-13-22(25)10-2)28(35)32-23-15-17-24(38-8)18-16-23/h2,11-18,21,26-27H,9,19-20H2,1,3-8H3,(H,32,35)(H,33,37). The van der Waals surface area contributed by atoms with Crippen molar-refractivity contribution in [3.05, 3.63) is 59.7 Å². The predicted molar refractivity (Wildman–Crippen MR) is 153 cm³/mol. The van der Waals surface area contributed by atoms with Crippen LogP contribution in [0.25, 0.3) is 0 Å². The fourth-order valence-electron chi connectivity index (χ4n) is 4.15. The molecule has 0 aliphatic carbocycles. The first-order chi connectivity index (χ1) is 18.4. The number of carbonyl (C=O) groups is 3. The van der Waals surface area contributed by atoms with Crippen molar-refractivity contribution in [2.45, 2.75) is 72.1 Å². The fraction of sp³-hybridized carbons (Fsp3) is 0.452. The molecule has 2 atom stereocenters. The molecule has 0 heterocycles. The lowest BCUT2D eigenvalue weighted by atomic mass is 9.96. The minimum absolute atomic E-state index is 0.0851. The van der Waals surface area contributed by atoms with Gasteiger partial charge in [-0.25, -0.2) is 4.79 Å². The number of methoxy groups -OCH3 is 1. The van der Waals surface area contributed by atoms with Gasteiger partial charge in [-0.2, -0.15) is 0 Å². The molecular weight excluding hydrogens is 494 g/mol. The van der Waals surface area contributed by atoms with Crippen LogP contribution in [0.4, 0.5) is 10.5 Å². The van der Waals surface area contributed by atoms with Crippen LogP contribution in [0.1, 0.15) is 71.6 Å². The lowest BCUT2D eigenvalue weighted by molar-refractivity contribution is -0.141. The normalized spacial score (nSPS) is 12.6. The van der Waals surface area contributed by atoms with Gasteiger partial charge in [-0.3, -0.25) is 9.59 Å². The maximum atomic E-state index is 14.1. The van der Waals surface area contributed by atoms with Crippen LogP contribution in [0.5, 0.6) is 5.75 Å². The number of nitrogens with zero attached hydrogens (tertiary/aromatic N) is 1. The van der Waals surface area contributed by atoms with Crippen LogP contribution < -0.4 is 15.4 Å². The summed E-state index contributed by atoms with van der Waals surface area (Å²) in [7, 11) is 1.56. The van der Waals surface area contributed by atoms with Crippen LogP contribution in [-0.2, 0) is 14.3 Å². The molecule has 2 N–H and O–H groups in total. The fourth-order valence-corrected chi connectivity index (χ4v) is 4.15. The Hall–Kier alpha value is -3.99. The van der Waals surface area contributed by atoms with Crippen LogP contribution >= 0.6 is 0 Å². The maximum Gasteiger partial charge on any atom is 0.408 e. The van der Waals surface area contributed by atoms with Crippen LogP contribution in [-0.4, -0.2) is 48.1 Å². The Morgan fingerprint density at radius 2 is 1.69 bits per heavy atom. The Balaban J connectivity index is 2.54. The lowest BCUT2D eigenvalue weighted by Crippen LogP contribution is -2.53. The van der Waals surface area contributed by atoms with Gasteiger partial charge in [-0.1, -0.05) is 44.9 Å². The predicted octanol–water partition coefficient (Wildman–Crippen LogP) is 5.53. The molecule has 0 bridgehead atoms. The van der Waals surface area contributed by atoms with E-state index in [-0.39, 0.29) is 12.5 Å². The third-order valence-corrected chi connectivity index (χ3v) is 5.77. The van der Waals surface area contributed by atoms with Crippen molar-refractivity contribution in [3.63, 3.8) is 0 Å². The Bertz CT molecular complexity index is 1160. The average molecular weight is 536 g/mol. The van der Waals surface area contributed by atoms with Crippen molar-refractivity contribution >= 4 is 23.6 Å². The summed E-state index contributed by atoms with van der Waals surface area (Å²) >= 11 is 0. The Morgan fingerprint density at radius 1 is 1.05 bits per heavy atom. The second-order valence-electron chi connectivity index (χ2n) is 10.7. The van der Waals surface area contributed by atoms with E-state index in [2.05, 4.69) is 16.6 Å². The molecule has 0 radical (unpaired) electrons. The number of carbonyl (C=O) groups excluding carboxylic acids is 3. The molecule has 0 fully saturated rings. The maximum absolute atomic E-state index is 14.1. The number of nitrogens with one attached hydrogen (secondary N) is 2. The molecule has 0 aliphatic rings. The van der Waals surface area contributed by atoms with Crippen LogP contribution in [0.3, 0.4) is 0 Å². The van der Waals surface area contributed by atoms with E-state index in [1.807, 2.05) is 20.8 Å². The van der Waals surface area contributed by atoms with Crippen LogP contribution in [0.15, 0.2) is 48.5 Å². The van der Waals surface area contributed by atoms with Gasteiger partial charge in [-0.15, -0.1) is 6.42 Å². The number of hydrogen-bond donors (Lipinski definition) is 2. The quantitative estimate of drug-likeness (QED) is 0.369. The van der Waals surface area contributed by atoms with Gasteiger partial charge in [0.05, 0.1) is 7.11 Å². The third kappa shape index (κ3) is 9.36.